The second-order valence-electron chi connectivity index (χ2n) is 6.21. The van der Waals surface area contributed by atoms with Crippen LogP contribution in [-0.2, 0) is 0 Å². The third-order valence-electron chi connectivity index (χ3n) is 4.67. The van der Waals surface area contributed by atoms with Crippen molar-refractivity contribution in [3.63, 3.8) is 0 Å². The highest BCUT2D eigenvalue weighted by molar-refractivity contribution is 5.85. The van der Waals surface area contributed by atoms with Crippen molar-refractivity contribution in [3.05, 3.63) is 0 Å². The first-order valence-corrected chi connectivity index (χ1v) is 7.11. The van der Waals surface area contributed by atoms with Gasteiger partial charge in [0.15, 0.2) is 0 Å². The molecule has 0 amide bonds. The van der Waals surface area contributed by atoms with E-state index in [4.69, 9.17) is 0 Å². The van der Waals surface area contributed by atoms with Crippen molar-refractivity contribution in [3.8, 4) is 0 Å². The van der Waals surface area contributed by atoms with Gasteiger partial charge in [0.2, 0.25) is 0 Å². The van der Waals surface area contributed by atoms with E-state index >= 15 is 0 Å². The molecule has 3 atom stereocenters. The molecule has 2 aliphatic rings. The Morgan fingerprint density at radius 1 is 1.12 bits per heavy atom. The molecule has 0 spiro atoms. The molecule has 0 aromatic rings. The zero-order chi connectivity index (χ0) is 11.5. The number of nitrogens with one attached hydrogen (secondary N) is 1. The molecule has 0 radical (unpaired) electrons. The third kappa shape index (κ3) is 4.11. The summed E-state index contributed by atoms with van der Waals surface area (Å²) in [6.07, 6.45) is 4.18. The quantitative estimate of drug-likeness (QED) is 0.822. The van der Waals surface area contributed by atoms with E-state index < -0.39 is 0 Å². The molecule has 1 N–H and O–H groups in total. The summed E-state index contributed by atoms with van der Waals surface area (Å²) >= 11 is 0. The molecule has 2 saturated heterocycles. The van der Waals surface area contributed by atoms with Gasteiger partial charge in [-0.25, -0.2) is 0 Å². The fourth-order valence-electron chi connectivity index (χ4n) is 3.47. The highest BCUT2D eigenvalue weighted by Crippen LogP contribution is 2.28. The normalized spacial score (nSPS) is 36.5. The van der Waals surface area contributed by atoms with E-state index in [1.54, 1.807) is 0 Å². The highest BCUT2D eigenvalue weighted by atomic mass is 35.5. The van der Waals surface area contributed by atoms with E-state index in [2.05, 4.69) is 31.0 Å². The largest absolute Gasteiger partial charge is 0.317 e. The lowest BCUT2D eigenvalue weighted by molar-refractivity contribution is 0.0596. The van der Waals surface area contributed by atoms with Crippen LogP contribution in [0, 0.1) is 17.8 Å². The molecule has 0 saturated carbocycles. The van der Waals surface area contributed by atoms with E-state index in [9.17, 15) is 0 Å². The lowest BCUT2D eigenvalue weighted by Crippen LogP contribution is -2.48. The molecule has 3 unspecified atom stereocenters. The molecule has 17 heavy (non-hydrogen) atoms. The van der Waals surface area contributed by atoms with Crippen LogP contribution in [0.1, 0.15) is 40.0 Å². The molecule has 0 aromatic heterocycles. The maximum absolute atomic E-state index is 3.46. The lowest BCUT2D eigenvalue weighted by atomic mass is 9.84. The van der Waals surface area contributed by atoms with Crippen LogP contribution in [0.5, 0.6) is 0 Å². The first-order valence-electron chi connectivity index (χ1n) is 7.11. The Hall–Kier alpha value is 0.210. The molecule has 2 rings (SSSR count). The second kappa shape index (κ2) is 6.96. The Morgan fingerprint density at radius 3 is 2.41 bits per heavy atom. The van der Waals surface area contributed by atoms with Crippen LogP contribution in [0.4, 0.5) is 0 Å². The molecule has 102 valence electrons. The number of hydrogen-bond acceptors (Lipinski definition) is 2. The molecule has 2 fully saturated rings. The number of piperidine rings is 2. The van der Waals surface area contributed by atoms with Crippen LogP contribution in [-0.4, -0.2) is 37.1 Å². The van der Waals surface area contributed by atoms with Crippen LogP contribution < -0.4 is 5.32 Å². The monoisotopic (exact) mass is 260 g/mol. The first kappa shape index (κ1) is 15.3. The van der Waals surface area contributed by atoms with E-state index in [-0.39, 0.29) is 12.4 Å². The summed E-state index contributed by atoms with van der Waals surface area (Å²) in [5, 5.41) is 3.46. The smallest absolute Gasteiger partial charge is 0.00928 e. The van der Waals surface area contributed by atoms with Crippen molar-refractivity contribution in [1.29, 1.82) is 0 Å². The SMILES string of the molecule is CC1CC(C)C(C)N(CC2CCNCC2)C1.Cl. The summed E-state index contributed by atoms with van der Waals surface area (Å²) in [4.78, 5) is 2.76. The van der Waals surface area contributed by atoms with Gasteiger partial charge in [0, 0.05) is 19.1 Å². The zero-order valence-electron chi connectivity index (χ0n) is 11.6. The third-order valence-corrected chi connectivity index (χ3v) is 4.67. The van der Waals surface area contributed by atoms with Crippen molar-refractivity contribution in [2.45, 2.75) is 46.1 Å². The predicted molar refractivity (Wildman–Crippen MR) is 76.8 cm³/mol. The molecule has 0 bridgehead atoms. The Labute approximate surface area is 113 Å². The average molecular weight is 261 g/mol. The molecule has 2 nitrogen and oxygen atoms in total. The number of nitrogens with zero attached hydrogens (tertiary/aromatic N) is 1. The number of halogens is 1. The maximum Gasteiger partial charge on any atom is 0.00928 e. The van der Waals surface area contributed by atoms with E-state index in [0.29, 0.717) is 0 Å². The van der Waals surface area contributed by atoms with Gasteiger partial charge in [0.25, 0.3) is 0 Å². The first-order chi connectivity index (χ1) is 7.66. The molecule has 0 aliphatic carbocycles. The summed E-state index contributed by atoms with van der Waals surface area (Å²) in [5.74, 6) is 2.72. The van der Waals surface area contributed by atoms with E-state index in [0.717, 1.165) is 23.8 Å². The second-order valence-corrected chi connectivity index (χ2v) is 6.21. The Kier molecular flexibility index (Phi) is 6.25. The van der Waals surface area contributed by atoms with E-state index in [1.165, 1.54) is 45.4 Å². The molecule has 2 aliphatic heterocycles. The zero-order valence-corrected chi connectivity index (χ0v) is 12.4. The van der Waals surface area contributed by atoms with Gasteiger partial charge in [0.05, 0.1) is 0 Å². The fourth-order valence-corrected chi connectivity index (χ4v) is 3.47. The van der Waals surface area contributed by atoms with Crippen LogP contribution >= 0.6 is 12.4 Å². The van der Waals surface area contributed by atoms with Gasteiger partial charge >= 0.3 is 0 Å². The molecule has 0 aromatic carbocycles. The van der Waals surface area contributed by atoms with Crippen LogP contribution in [0.2, 0.25) is 0 Å². The van der Waals surface area contributed by atoms with Gasteiger partial charge in [-0.2, -0.15) is 0 Å². The molecular weight excluding hydrogens is 232 g/mol. The van der Waals surface area contributed by atoms with Gasteiger partial charge in [0.1, 0.15) is 0 Å². The van der Waals surface area contributed by atoms with Crippen molar-refractivity contribution >= 4 is 12.4 Å². The van der Waals surface area contributed by atoms with Crippen LogP contribution in [0.15, 0.2) is 0 Å². The molecular formula is C14H29ClN2. The Morgan fingerprint density at radius 2 is 1.76 bits per heavy atom. The van der Waals surface area contributed by atoms with Crippen LogP contribution in [0.3, 0.4) is 0 Å². The van der Waals surface area contributed by atoms with Gasteiger partial charge in [-0.3, -0.25) is 4.90 Å². The van der Waals surface area contributed by atoms with Gasteiger partial charge in [-0.1, -0.05) is 13.8 Å². The number of likely N-dealkylation sites (tertiary alicyclic amines) is 1. The summed E-state index contributed by atoms with van der Waals surface area (Å²) in [6.45, 7) is 12.4. The molecule has 3 heteroatoms. The van der Waals surface area contributed by atoms with Crippen molar-refractivity contribution in [2.75, 3.05) is 26.2 Å². The number of hydrogen-bond donors (Lipinski definition) is 1. The summed E-state index contributed by atoms with van der Waals surface area (Å²) in [6, 6.07) is 0.797. The van der Waals surface area contributed by atoms with Crippen molar-refractivity contribution in [2.24, 2.45) is 17.8 Å². The minimum Gasteiger partial charge on any atom is -0.317 e. The lowest BCUT2D eigenvalue weighted by Gasteiger charge is -2.43. The van der Waals surface area contributed by atoms with Crippen molar-refractivity contribution < 1.29 is 0 Å². The van der Waals surface area contributed by atoms with E-state index in [1.807, 2.05) is 0 Å². The summed E-state index contributed by atoms with van der Waals surface area (Å²) in [7, 11) is 0. The average Bonchev–Trinajstić information content (AvgIpc) is 2.27. The maximum atomic E-state index is 3.46. The minimum atomic E-state index is 0. The summed E-state index contributed by atoms with van der Waals surface area (Å²) < 4.78 is 0. The highest BCUT2D eigenvalue weighted by Gasteiger charge is 2.30. The van der Waals surface area contributed by atoms with Gasteiger partial charge in [-0.05, 0) is 57.0 Å². The molecule has 2 heterocycles. The van der Waals surface area contributed by atoms with Gasteiger partial charge < -0.3 is 5.32 Å². The van der Waals surface area contributed by atoms with Crippen molar-refractivity contribution in [1.82, 2.24) is 10.2 Å². The summed E-state index contributed by atoms with van der Waals surface area (Å²) in [5.41, 5.74) is 0. The topological polar surface area (TPSA) is 15.3 Å². The minimum absolute atomic E-state index is 0. The fraction of sp³-hybridized carbons (Fsp3) is 1.00. The van der Waals surface area contributed by atoms with Gasteiger partial charge in [-0.15, -0.1) is 12.4 Å². The Balaban J connectivity index is 0.00000144. The standard InChI is InChI=1S/C14H28N2.ClH/c1-11-8-12(2)13(3)16(9-11)10-14-4-6-15-7-5-14;/h11-15H,4-10H2,1-3H3;1H. The Bertz CT molecular complexity index is 216. The number of rotatable bonds is 2. The predicted octanol–water partition coefficient (Wildman–Crippen LogP) is 2.77. The van der Waals surface area contributed by atoms with Crippen LogP contribution in [0.25, 0.3) is 0 Å².